The standard InChI is InChI=1S/C21H27FN4O2/c1-15-19(21(27)25(2)3)13-23-20(24-15)16-5-4-10-26(14-16)11-12-28-18-8-6-17(22)7-9-18/h6-9,13,16H,4-5,10-12,14H2,1-3H3/t16-/m0/s1. The van der Waals surface area contributed by atoms with Crippen molar-refractivity contribution in [2.24, 2.45) is 0 Å². The van der Waals surface area contributed by atoms with Gasteiger partial charge in [0, 0.05) is 39.3 Å². The van der Waals surface area contributed by atoms with E-state index in [1.165, 1.54) is 17.0 Å². The van der Waals surface area contributed by atoms with E-state index in [1.54, 1.807) is 32.4 Å². The summed E-state index contributed by atoms with van der Waals surface area (Å²) in [7, 11) is 3.45. The fourth-order valence-electron chi connectivity index (χ4n) is 3.43. The van der Waals surface area contributed by atoms with E-state index in [2.05, 4.69) is 14.9 Å². The molecule has 1 aliphatic rings. The maximum absolute atomic E-state index is 12.9. The Bertz CT molecular complexity index is 811. The number of hydrogen-bond donors (Lipinski definition) is 0. The van der Waals surface area contributed by atoms with Crippen LogP contribution in [0.1, 0.15) is 40.6 Å². The molecule has 0 N–H and O–H groups in total. The number of halogens is 1. The zero-order valence-corrected chi connectivity index (χ0v) is 16.7. The SMILES string of the molecule is Cc1nc([C@H]2CCCN(CCOc3ccc(F)cc3)C2)ncc1C(=O)N(C)C. The molecule has 2 aromatic rings. The maximum atomic E-state index is 12.9. The number of aryl methyl sites for hydroxylation is 1. The molecule has 1 aromatic heterocycles. The first-order valence-electron chi connectivity index (χ1n) is 9.60. The molecule has 28 heavy (non-hydrogen) atoms. The van der Waals surface area contributed by atoms with Crippen LogP contribution in [0, 0.1) is 12.7 Å². The second-order valence-corrected chi connectivity index (χ2v) is 7.37. The summed E-state index contributed by atoms with van der Waals surface area (Å²) in [5.74, 6) is 1.39. The minimum Gasteiger partial charge on any atom is -0.492 e. The third-order valence-corrected chi connectivity index (χ3v) is 5.00. The number of nitrogens with zero attached hydrogens (tertiary/aromatic N) is 4. The zero-order valence-electron chi connectivity index (χ0n) is 16.7. The van der Waals surface area contributed by atoms with Crippen LogP contribution in [0.15, 0.2) is 30.5 Å². The summed E-state index contributed by atoms with van der Waals surface area (Å²) in [6.45, 7) is 5.09. The van der Waals surface area contributed by atoms with Crippen molar-refractivity contribution in [2.75, 3.05) is 40.3 Å². The lowest BCUT2D eigenvalue weighted by Gasteiger charge is -2.32. The molecule has 1 aliphatic heterocycles. The second-order valence-electron chi connectivity index (χ2n) is 7.37. The van der Waals surface area contributed by atoms with Crippen LogP contribution in [-0.4, -0.2) is 66.0 Å². The lowest BCUT2D eigenvalue weighted by Crippen LogP contribution is -2.37. The van der Waals surface area contributed by atoms with Gasteiger partial charge in [0.1, 0.15) is 24.0 Å². The van der Waals surface area contributed by atoms with Crippen LogP contribution < -0.4 is 4.74 Å². The molecule has 1 atom stereocenters. The van der Waals surface area contributed by atoms with Gasteiger partial charge in [-0.1, -0.05) is 0 Å². The number of piperidine rings is 1. The highest BCUT2D eigenvalue weighted by atomic mass is 19.1. The van der Waals surface area contributed by atoms with Crippen LogP contribution in [0.4, 0.5) is 4.39 Å². The number of aromatic nitrogens is 2. The molecule has 0 radical (unpaired) electrons. The van der Waals surface area contributed by atoms with Crippen LogP contribution in [-0.2, 0) is 0 Å². The normalized spacial score (nSPS) is 17.4. The molecule has 6 nitrogen and oxygen atoms in total. The Balaban J connectivity index is 1.56. The molecule has 0 unspecified atom stereocenters. The first-order chi connectivity index (χ1) is 13.4. The summed E-state index contributed by atoms with van der Waals surface area (Å²) < 4.78 is 18.7. The Morgan fingerprint density at radius 3 is 2.75 bits per heavy atom. The molecule has 1 amide bonds. The van der Waals surface area contributed by atoms with Gasteiger partial charge in [0.2, 0.25) is 0 Å². The summed E-state index contributed by atoms with van der Waals surface area (Å²) in [6.07, 6.45) is 3.76. The molecule has 0 saturated carbocycles. The van der Waals surface area contributed by atoms with Gasteiger partial charge in [-0.25, -0.2) is 14.4 Å². The molecular formula is C21H27FN4O2. The van der Waals surface area contributed by atoms with Gasteiger partial charge in [0.15, 0.2) is 0 Å². The Labute approximate surface area is 165 Å². The summed E-state index contributed by atoms with van der Waals surface area (Å²) in [4.78, 5) is 25.1. The van der Waals surface area contributed by atoms with Gasteiger partial charge in [-0.3, -0.25) is 9.69 Å². The van der Waals surface area contributed by atoms with E-state index in [0.717, 1.165) is 44.0 Å². The monoisotopic (exact) mass is 386 g/mol. The second kappa shape index (κ2) is 9.10. The Kier molecular flexibility index (Phi) is 6.57. The van der Waals surface area contributed by atoms with Crippen molar-refractivity contribution in [3.63, 3.8) is 0 Å². The van der Waals surface area contributed by atoms with Crippen molar-refractivity contribution in [1.82, 2.24) is 19.8 Å². The Morgan fingerprint density at radius 1 is 1.32 bits per heavy atom. The average molecular weight is 386 g/mol. The van der Waals surface area contributed by atoms with E-state index in [4.69, 9.17) is 4.74 Å². The number of likely N-dealkylation sites (tertiary alicyclic amines) is 1. The summed E-state index contributed by atoms with van der Waals surface area (Å²) in [5, 5.41) is 0. The van der Waals surface area contributed by atoms with Crippen molar-refractivity contribution < 1.29 is 13.9 Å². The number of benzene rings is 1. The minimum absolute atomic E-state index is 0.0766. The van der Waals surface area contributed by atoms with E-state index < -0.39 is 0 Å². The van der Waals surface area contributed by atoms with Gasteiger partial charge in [-0.2, -0.15) is 0 Å². The zero-order chi connectivity index (χ0) is 20.1. The largest absolute Gasteiger partial charge is 0.492 e. The first kappa shape index (κ1) is 20.2. The number of carbonyl (C=O) groups excluding carboxylic acids is 1. The van der Waals surface area contributed by atoms with Crippen LogP contribution in [0.2, 0.25) is 0 Å². The quantitative estimate of drug-likeness (QED) is 0.764. The fourth-order valence-corrected chi connectivity index (χ4v) is 3.43. The van der Waals surface area contributed by atoms with Crippen LogP contribution in [0.5, 0.6) is 5.75 Å². The third-order valence-electron chi connectivity index (χ3n) is 5.00. The molecule has 1 fully saturated rings. The summed E-state index contributed by atoms with van der Waals surface area (Å²) in [5.41, 5.74) is 1.27. The van der Waals surface area contributed by atoms with E-state index in [1.807, 2.05) is 6.92 Å². The number of amides is 1. The Hall–Kier alpha value is -2.54. The van der Waals surface area contributed by atoms with E-state index in [-0.39, 0.29) is 17.6 Å². The average Bonchev–Trinajstić information content (AvgIpc) is 2.69. The van der Waals surface area contributed by atoms with E-state index in [0.29, 0.717) is 17.9 Å². The smallest absolute Gasteiger partial charge is 0.256 e. The number of rotatable bonds is 6. The predicted molar refractivity (Wildman–Crippen MR) is 105 cm³/mol. The highest BCUT2D eigenvalue weighted by Gasteiger charge is 2.24. The number of carbonyl (C=O) groups is 1. The predicted octanol–water partition coefficient (Wildman–Crippen LogP) is 2.88. The number of ether oxygens (including phenoxy) is 1. The molecule has 150 valence electrons. The molecule has 0 spiro atoms. The minimum atomic E-state index is -0.264. The van der Waals surface area contributed by atoms with Crippen molar-refractivity contribution >= 4 is 5.91 Å². The van der Waals surface area contributed by atoms with Crippen molar-refractivity contribution in [3.8, 4) is 5.75 Å². The van der Waals surface area contributed by atoms with Gasteiger partial charge >= 0.3 is 0 Å². The van der Waals surface area contributed by atoms with E-state index >= 15 is 0 Å². The van der Waals surface area contributed by atoms with Gasteiger partial charge in [0.25, 0.3) is 5.91 Å². The molecule has 0 bridgehead atoms. The summed E-state index contributed by atoms with van der Waals surface area (Å²) in [6, 6.07) is 6.08. The van der Waals surface area contributed by atoms with Crippen molar-refractivity contribution in [1.29, 1.82) is 0 Å². The lowest BCUT2D eigenvalue weighted by atomic mass is 9.97. The molecule has 2 heterocycles. The van der Waals surface area contributed by atoms with Gasteiger partial charge in [-0.05, 0) is 50.6 Å². The van der Waals surface area contributed by atoms with Gasteiger partial charge in [-0.15, -0.1) is 0 Å². The lowest BCUT2D eigenvalue weighted by molar-refractivity contribution is 0.0825. The molecule has 1 aromatic carbocycles. The Morgan fingerprint density at radius 2 is 2.07 bits per heavy atom. The molecule has 3 rings (SSSR count). The fraction of sp³-hybridized carbons (Fsp3) is 0.476. The molecule has 1 saturated heterocycles. The van der Waals surface area contributed by atoms with Crippen LogP contribution >= 0.6 is 0 Å². The molecular weight excluding hydrogens is 359 g/mol. The molecule has 0 aliphatic carbocycles. The first-order valence-corrected chi connectivity index (χ1v) is 9.60. The third kappa shape index (κ3) is 5.04. The van der Waals surface area contributed by atoms with Crippen molar-refractivity contribution in [2.45, 2.75) is 25.7 Å². The van der Waals surface area contributed by atoms with Crippen molar-refractivity contribution in [3.05, 3.63) is 53.4 Å². The number of hydrogen-bond acceptors (Lipinski definition) is 5. The van der Waals surface area contributed by atoms with Crippen LogP contribution in [0.25, 0.3) is 0 Å². The van der Waals surface area contributed by atoms with E-state index in [9.17, 15) is 9.18 Å². The highest BCUT2D eigenvalue weighted by Crippen LogP contribution is 2.25. The maximum Gasteiger partial charge on any atom is 0.256 e. The molecule has 7 heteroatoms. The highest BCUT2D eigenvalue weighted by molar-refractivity contribution is 5.94. The van der Waals surface area contributed by atoms with Gasteiger partial charge < -0.3 is 9.64 Å². The van der Waals surface area contributed by atoms with Gasteiger partial charge in [0.05, 0.1) is 11.3 Å². The topological polar surface area (TPSA) is 58.6 Å². The van der Waals surface area contributed by atoms with Crippen LogP contribution in [0.3, 0.4) is 0 Å². The summed E-state index contributed by atoms with van der Waals surface area (Å²) >= 11 is 0.